The molecule has 0 spiro atoms. The Morgan fingerprint density at radius 3 is 3.21 bits per heavy atom. The lowest BCUT2D eigenvalue weighted by atomic mass is 10.1. The number of hydrogen-bond donors (Lipinski definition) is 3. The Hall–Kier alpha value is -2.04. The number of nitrogens with two attached hydrogens (primary N) is 1. The second-order valence-corrected chi connectivity index (χ2v) is 4.68. The van der Waals surface area contributed by atoms with Gasteiger partial charge in [-0.25, -0.2) is 4.98 Å². The van der Waals surface area contributed by atoms with E-state index in [-0.39, 0.29) is 0 Å². The minimum atomic E-state index is 0.362. The molecule has 2 aromatic rings. The zero-order valence-corrected chi connectivity index (χ0v) is 11.5. The van der Waals surface area contributed by atoms with E-state index in [1.165, 1.54) is 5.56 Å². The molecule has 2 aromatic heterocycles. The molecular weight excluding hydrogens is 238 g/mol. The number of hydrogen-bond acceptors (Lipinski definition) is 2. The molecule has 5 nitrogen and oxygen atoms in total. The van der Waals surface area contributed by atoms with E-state index in [1.807, 2.05) is 12.3 Å². The molecule has 0 aliphatic heterocycles. The van der Waals surface area contributed by atoms with Crippen molar-refractivity contribution in [3.63, 3.8) is 0 Å². The summed E-state index contributed by atoms with van der Waals surface area (Å²) in [5.74, 6) is 0.521. The highest BCUT2D eigenvalue weighted by Crippen LogP contribution is 2.15. The van der Waals surface area contributed by atoms with Crippen LogP contribution in [0.4, 0.5) is 0 Å². The van der Waals surface area contributed by atoms with E-state index in [4.69, 9.17) is 5.73 Å². The number of fused-ring (bicyclic) bond motifs is 1. The Labute approximate surface area is 113 Å². The van der Waals surface area contributed by atoms with Crippen LogP contribution in [0.3, 0.4) is 0 Å². The summed E-state index contributed by atoms with van der Waals surface area (Å²) in [6.07, 6.45) is 5.67. The zero-order chi connectivity index (χ0) is 13.7. The second-order valence-electron chi connectivity index (χ2n) is 4.68. The lowest BCUT2D eigenvalue weighted by Crippen LogP contribution is -2.38. The third-order valence-electron chi connectivity index (χ3n) is 3.21. The van der Waals surface area contributed by atoms with Gasteiger partial charge in [0.2, 0.25) is 0 Å². The number of rotatable bonds is 5. The zero-order valence-electron chi connectivity index (χ0n) is 11.5. The minimum absolute atomic E-state index is 0.362. The maximum absolute atomic E-state index is 5.82. The molecule has 0 amide bonds. The summed E-state index contributed by atoms with van der Waals surface area (Å²) in [6, 6.07) is 4.38. The van der Waals surface area contributed by atoms with Crippen LogP contribution in [0.1, 0.15) is 25.8 Å². The molecule has 5 heteroatoms. The van der Waals surface area contributed by atoms with Crippen molar-refractivity contribution in [1.82, 2.24) is 15.3 Å². The molecule has 1 unspecified atom stereocenters. The van der Waals surface area contributed by atoms with Crippen LogP contribution in [0.5, 0.6) is 0 Å². The molecule has 0 aliphatic carbocycles. The average molecular weight is 259 g/mol. The van der Waals surface area contributed by atoms with Gasteiger partial charge in [0.25, 0.3) is 0 Å². The van der Waals surface area contributed by atoms with Crippen molar-refractivity contribution in [2.24, 2.45) is 10.7 Å². The van der Waals surface area contributed by atoms with Gasteiger partial charge in [-0.3, -0.25) is 4.99 Å². The van der Waals surface area contributed by atoms with Crippen molar-refractivity contribution in [1.29, 1.82) is 0 Å². The van der Waals surface area contributed by atoms with E-state index in [2.05, 4.69) is 40.2 Å². The molecule has 4 N–H and O–H groups in total. The largest absolute Gasteiger partial charge is 0.370 e. The van der Waals surface area contributed by atoms with Crippen LogP contribution < -0.4 is 11.1 Å². The third kappa shape index (κ3) is 3.47. The fourth-order valence-corrected chi connectivity index (χ4v) is 1.92. The molecule has 0 radical (unpaired) electrons. The Balaban J connectivity index is 1.94. The van der Waals surface area contributed by atoms with Crippen molar-refractivity contribution in [3.8, 4) is 0 Å². The number of aromatic amines is 1. The molecule has 19 heavy (non-hydrogen) atoms. The standard InChI is InChI=1S/C14H21N5/c1-3-10(2)19-14(15)17-8-6-11-9-18-13-12(11)5-4-7-16-13/h4-5,7,9-10H,3,6,8H2,1-2H3,(H,16,18)(H3,15,17,19). The van der Waals surface area contributed by atoms with Crippen LogP contribution in [0.15, 0.2) is 29.5 Å². The quantitative estimate of drug-likeness (QED) is 0.566. The van der Waals surface area contributed by atoms with E-state index in [0.717, 1.165) is 23.9 Å². The van der Waals surface area contributed by atoms with Gasteiger partial charge >= 0.3 is 0 Å². The van der Waals surface area contributed by atoms with E-state index in [0.29, 0.717) is 18.5 Å². The average Bonchev–Trinajstić information content (AvgIpc) is 2.82. The molecule has 0 aliphatic rings. The number of aliphatic imine (C=N–C) groups is 1. The lowest BCUT2D eigenvalue weighted by molar-refractivity contribution is 0.636. The third-order valence-corrected chi connectivity index (χ3v) is 3.21. The molecular formula is C14H21N5. The Bertz CT molecular complexity index is 558. The summed E-state index contributed by atoms with van der Waals surface area (Å²) < 4.78 is 0. The van der Waals surface area contributed by atoms with Crippen molar-refractivity contribution >= 4 is 17.0 Å². The number of pyridine rings is 1. The number of guanidine groups is 1. The number of nitrogens with one attached hydrogen (secondary N) is 2. The molecule has 1 atom stereocenters. The van der Waals surface area contributed by atoms with Crippen LogP contribution in [0.2, 0.25) is 0 Å². The summed E-state index contributed by atoms with van der Waals surface area (Å²) in [5.41, 5.74) is 7.97. The summed E-state index contributed by atoms with van der Waals surface area (Å²) >= 11 is 0. The predicted molar refractivity (Wildman–Crippen MR) is 79.2 cm³/mol. The summed E-state index contributed by atoms with van der Waals surface area (Å²) in [7, 11) is 0. The smallest absolute Gasteiger partial charge is 0.188 e. The number of aromatic nitrogens is 2. The molecule has 0 aromatic carbocycles. The van der Waals surface area contributed by atoms with E-state index in [1.54, 1.807) is 6.20 Å². The normalized spacial score (nSPS) is 13.7. The first kappa shape index (κ1) is 13.4. The van der Waals surface area contributed by atoms with Crippen LogP contribution in [-0.2, 0) is 6.42 Å². The van der Waals surface area contributed by atoms with Gasteiger partial charge in [-0.1, -0.05) is 6.92 Å². The maximum Gasteiger partial charge on any atom is 0.188 e. The highest BCUT2D eigenvalue weighted by atomic mass is 15.1. The van der Waals surface area contributed by atoms with Gasteiger partial charge in [-0.15, -0.1) is 0 Å². The summed E-state index contributed by atoms with van der Waals surface area (Å²) in [5, 5.41) is 4.31. The molecule has 2 rings (SSSR count). The first-order valence-corrected chi connectivity index (χ1v) is 6.68. The Morgan fingerprint density at radius 1 is 1.58 bits per heavy atom. The fraction of sp³-hybridized carbons (Fsp3) is 0.429. The number of nitrogens with zero attached hydrogens (tertiary/aromatic N) is 2. The van der Waals surface area contributed by atoms with Crippen molar-refractivity contribution in [3.05, 3.63) is 30.1 Å². The van der Waals surface area contributed by atoms with Gasteiger partial charge < -0.3 is 16.0 Å². The monoisotopic (exact) mass is 259 g/mol. The minimum Gasteiger partial charge on any atom is -0.370 e. The highest BCUT2D eigenvalue weighted by molar-refractivity contribution is 5.80. The summed E-state index contributed by atoms with van der Waals surface area (Å²) in [6.45, 7) is 4.88. The topological polar surface area (TPSA) is 79.1 Å². The Morgan fingerprint density at radius 2 is 2.42 bits per heavy atom. The van der Waals surface area contributed by atoms with E-state index >= 15 is 0 Å². The van der Waals surface area contributed by atoms with Crippen molar-refractivity contribution in [2.75, 3.05) is 6.54 Å². The summed E-state index contributed by atoms with van der Waals surface area (Å²) in [4.78, 5) is 11.8. The lowest BCUT2D eigenvalue weighted by Gasteiger charge is -2.11. The predicted octanol–water partition coefficient (Wildman–Crippen LogP) is 1.81. The van der Waals surface area contributed by atoms with Crippen molar-refractivity contribution in [2.45, 2.75) is 32.7 Å². The van der Waals surface area contributed by atoms with Gasteiger partial charge in [-0.2, -0.15) is 0 Å². The van der Waals surface area contributed by atoms with Crippen LogP contribution >= 0.6 is 0 Å². The first-order chi connectivity index (χ1) is 9.20. The number of H-pyrrole nitrogens is 1. The van der Waals surface area contributed by atoms with Gasteiger partial charge in [0.15, 0.2) is 5.96 Å². The van der Waals surface area contributed by atoms with Crippen molar-refractivity contribution < 1.29 is 0 Å². The van der Waals surface area contributed by atoms with Crippen LogP contribution in [-0.4, -0.2) is 28.5 Å². The maximum atomic E-state index is 5.82. The van der Waals surface area contributed by atoms with Crippen LogP contribution in [0.25, 0.3) is 11.0 Å². The van der Waals surface area contributed by atoms with E-state index < -0.39 is 0 Å². The highest BCUT2D eigenvalue weighted by Gasteiger charge is 2.03. The molecule has 0 saturated heterocycles. The van der Waals surface area contributed by atoms with Gasteiger partial charge in [0.1, 0.15) is 5.65 Å². The fourth-order valence-electron chi connectivity index (χ4n) is 1.92. The van der Waals surface area contributed by atoms with Gasteiger partial charge in [0, 0.05) is 30.4 Å². The molecule has 0 fully saturated rings. The molecule has 0 saturated carbocycles. The molecule has 0 bridgehead atoms. The first-order valence-electron chi connectivity index (χ1n) is 6.68. The van der Waals surface area contributed by atoms with Gasteiger partial charge in [-0.05, 0) is 37.5 Å². The van der Waals surface area contributed by atoms with Crippen LogP contribution in [0, 0.1) is 0 Å². The SMILES string of the molecule is CCC(C)NC(N)=NCCc1c[nH]c2ncccc12. The second kappa shape index (κ2) is 6.22. The molecule has 2 heterocycles. The van der Waals surface area contributed by atoms with Gasteiger partial charge in [0.05, 0.1) is 0 Å². The Kier molecular flexibility index (Phi) is 4.39. The van der Waals surface area contributed by atoms with E-state index in [9.17, 15) is 0 Å². The molecule has 102 valence electrons.